The maximum Gasteiger partial charge on any atom is 0.151 e. The minimum absolute atomic E-state index is 0.131. The van der Waals surface area contributed by atoms with Crippen molar-refractivity contribution in [3.05, 3.63) is 245 Å². The van der Waals surface area contributed by atoms with E-state index in [2.05, 4.69) is 260 Å². The molecule has 2 heteroatoms. The third-order valence-electron chi connectivity index (χ3n) is 18.2. The van der Waals surface area contributed by atoms with Crippen molar-refractivity contribution in [2.45, 2.75) is 77.0 Å². The van der Waals surface area contributed by atoms with Crippen LogP contribution < -0.4 is 9.64 Å². The molecule has 0 aromatic heterocycles. The summed E-state index contributed by atoms with van der Waals surface area (Å²) < 4.78 is 7.53. The van der Waals surface area contributed by atoms with Crippen LogP contribution in [-0.4, -0.2) is 0 Å². The van der Waals surface area contributed by atoms with Gasteiger partial charge in [0.2, 0.25) is 0 Å². The fourth-order valence-corrected chi connectivity index (χ4v) is 14.2. The third-order valence-corrected chi connectivity index (χ3v) is 18.2. The van der Waals surface area contributed by atoms with E-state index in [1.807, 2.05) is 0 Å². The topological polar surface area (TPSA) is 12.5 Å². The first kappa shape index (κ1) is 43.4. The Bertz CT molecular complexity index is 3840. The van der Waals surface area contributed by atoms with Crippen molar-refractivity contribution < 1.29 is 4.74 Å². The van der Waals surface area contributed by atoms with Crippen molar-refractivity contribution in [2.24, 2.45) is 0 Å². The predicted octanol–water partition coefficient (Wildman–Crippen LogP) is 19.5. The summed E-state index contributed by atoms with van der Waals surface area (Å²) in [6.45, 7) is 19.2. The molecule has 0 saturated carbocycles. The maximum atomic E-state index is 7.53. The first-order chi connectivity index (χ1) is 35.7. The number of hydrogen-bond donors (Lipinski definition) is 0. The van der Waals surface area contributed by atoms with Crippen LogP contribution in [0.4, 0.5) is 17.1 Å². The van der Waals surface area contributed by atoms with Gasteiger partial charge in [-0.1, -0.05) is 195 Å². The van der Waals surface area contributed by atoms with E-state index in [1.54, 1.807) is 0 Å². The molecule has 2 nitrogen and oxygen atoms in total. The van der Waals surface area contributed by atoms with Crippen LogP contribution in [-0.2, 0) is 21.7 Å². The number of benzene rings is 10. The van der Waals surface area contributed by atoms with Crippen LogP contribution in [0, 0.1) is 0 Å². The van der Waals surface area contributed by atoms with Crippen LogP contribution in [0.2, 0.25) is 0 Å². The van der Waals surface area contributed by atoms with E-state index < -0.39 is 0 Å². The average Bonchev–Trinajstić information content (AvgIpc) is 3.98. The molecule has 5 aliphatic rings. The molecule has 0 spiro atoms. The van der Waals surface area contributed by atoms with Gasteiger partial charge in [-0.15, -0.1) is 0 Å². The number of fused-ring (bicyclic) bond motifs is 14. The van der Waals surface area contributed by atoms with Crippen molar-refractivity contribution in [1.82, 2.24) is 0 Å². The van der Waals surface area contributed by atoms with Crippen molar-refractivity contribution in [3.8, 4) is 89.4 Å². The number of hydrogen-bond acceptors (Lipinski definition) is 2. The van der Waals surface area contributed by atoms with E-state index in [9.17, 15) is 0 Å². The Hall–Kier alpha value is -8.20. The molecular weight excluding hydrogens is 895 g/mol. The largest absolute Gasteiger partial charge is 0.453 e. The van der Waals surface area contributed by atoms with Crippen LogP contribution in [0.1, 0.15) is 99.9 Å². The van der Waals surface area contributed by atoms with Crippen LogP contribution in [0.25, 0.3) is 77.9 Å². The molecule has 356 valence electrons. The molecule has 0 fully saturated rings. The second kappa shape index (κ2) is 14.7. The second-order valence-corrected chi connectivity index (χ2v) is 23.7. The summed E-state index contributed by atoms with van der Waals surface area (Å²) >= 11 is 0. The van der Waals surface area contributed by atoms with E-state index in [0.29, 0.717) is 0 Å². The highest BCUT2D eigenvalue weighted by Gasteiger charge is 2.46. The average molecular weight is 952 g/mol. The highest BCUT2D eigenvalue weighted by atomic mass is 16.5. The van der Waals surface area contributed by atoms with E-state index in [0.717, 1.165) is 50.8 Å². The maximum absolute atomic E-state index is 7.53. The van der Waals surface area contributed by atoms with Crippen molar-refractivity contribution in [3.63, 3.8) is 0 Å². The highest BCUT2D eigenvalue weighted by Crippen LogP contribution is 2.64. The molecule has 1 heterocycles. The van der Waals surface area contributed by atoms with Gasteiger partial charge in [0.15, 0.2) is 11.5 Å². The van der Waals surface area contributed by atoms with E-state index >= 15 is 0 Å². The lowest BCUT2D eigenvalue weighted by atomic mass is 9.79. The lowest BCUT2D eigenvalue weighted by Gasteiger charge is -2.37. The van der Waals surface area contributed by atoms with Gasteiger partial charge < -0.3 is 9.64 Å². The Balaban J connectivity index is 1.03. The summed E-state index contributed by atoms with van der Waals surface area (Å²) in [7, 11) is 0. The molecule has 4 aliphatic carbocycles. The predicted molar refractivity (Wildman–Crippen MR) is 308 cm³/mol. The number of ether oxygens (including phenoxy) is 1. The zero-order valence-electron chi connectivity index (χ0n) is 43.4. The molecule has 0 unspecified atom stereocenters. The number of nitrogens with zero attached hydrogens (tertiary/aromatic N) is 1. The molecular formula is C72H57NO. The van der Waals surface area contributed by atoms with E-state index in [-0.39, 0.29) is 21.7 Å². The molecule has 10 aromatic carbocycles. The molecule has 0 N–H and O–H groups in total. The van der Waals surface area contributed by atoms with Crippen molar-refractivity contribution >= 4 is 17.1 Å². The SMILES string of the molecule is CC1(C)c2ccccc2-c2cc3c(cc21)-c1cc2c(cc1C3(C)C)Oc1cc3c(cc1N2c1c(-c2ccccc2)cc(-c2ccccc2)cc1-c1ccccc1)-c1cc2c(cc1C3(C)C)-c1ccccc1C2(C)C. The van der Waals surface area contributed by atoms with Gasteiger partial charge in [-0.25, -0.2) is 0 Å². The molecule has 0 saturated heterocycles. The lowest BCUT2D eigenvalue weighted by Crippen LogP contribution is -2.21. The number of rotatable bonds is 4. The summed E-state index contributed by atoms with van der Waals surface area (Å²) in [5, 5.41) is 0. The van der Waals surface area contributed by atoms with E-state index in [4.69, 9.17) is 4.74 Å². The van der Waals surface area contributed by atoms with E-state index in [1.165, 1.54) is 100 Å². The molecule has 0 radical (unpaired) electrons. The minimum Gasteiger partial charge on any atom is -0.453 e. The lowest BCUT2D eigenvalue weighted by molar-refractivity contribution is 0.473. The van der Waals surface area contributed by atoms with Gasteiger partial charge in [0, 0.05) is 32.8 Å². The normalized spacial score (nSPS) is 16.4. The first-order valence-electron chi connectivity index (χ1n) is 26.5. The Morgan fingerprint density at radius 3 is 0.973 bits per heavy atom. The molecule has 0 amide bonds. The standard InChI is InChI=1S/C72H57NO/c1-69(2)56-30-20-18-28-46(56)50-34-60-52(36-58(50)69)54-38-64-66(40-62(54)71(60,5)6)74-67-41-63-55(53-37-59-51(35-61(53)72(63,7)8)47-29-19-21-31-57(47)70(59,3)4)39-65(67)73(64)68-48(43-24-14-10-15-25-43)32-45(42-22-12-9-13-23-42)33-49(68)44-26-16-11-17-27-44/h9-41H,1-8H3. The molecule has 0 atom stereocenters. The van der Waals surface area contributed by atoms with Crippen LogP contribution in [0.3, 0.4) is 0 Å². The summed E-state index contributed by atoms with van der Waals surface area (Å²) in [4.78, 5) is 2.59. The summed E-state index contributed by atoms with van der Waals surface area (Å²) in [5.41, 5.74) is 30.8. The van der Waals surface area contributed by atoms with Gasteiger partial charge in [-0.2, -0.15) is 0 Å². The Labute approximate surface area is 435 Å². The molecule has 15 rings (SSSR count). The number of anilines is 3. The van der Waals surface area contributed by atoms with Gasteiger partial charge in [-0.05, 0) is 172 Å². The van der Waals surface area contributed by atoms with Crippen LogP contribution in [0.15, 0.2) is 200 Å². The van der Waals surface area contributed by atoms with Gasteiger partial charge >= 0.3 is 0 Å². The Kier molecular flexibility index (Phi) is 8.64. The smallest absolute Gasteiger partial charge is 0.151 e. The minimum atomic E-state index is -0.277. The zero-order valence-corrected chi connectivity index (χ0v) is 43.4. The molecule has 74 heavy (non-hydrogen) atoms. The first-order valence-corrected chi connectivity index (χ1v) is 26.5. The summed E-state index contributed by atoms with van der Waals surface area (Å²) in [6.07, 6.45) is 0. The van der Waals surface area contributed by atoms with Crippen LogP contribution >= 0.6 is 0 Å². The highest BCUT2D eigenvalue weighted by molar-refractivity contribution is 6.05. The van der Waals surface area contributed by atoms with Gasteiger partial charge in [0.1, 0.15) is 0 Å². The van der Waals surface area contributed by atoms with Crippen molar-refractivity contribution in [2.75, 3.05) is 4.90 Å². The van der Waals surface area contributed by atoms with Gasteiger partial charge in [-0.3, -0.25) is 0 Å². The van der Waals surface area contributed by atoms with Gasteiger partial charge in [0.25, 0.3) is 0 Å². The third kappa shape index (κ3) is 5.72. The summed E-state index contributed by atoms with van der Waals surface area (Å²) in [5.74, 6) is 1.73. The molecule has 1 aliphatic heterocycles. The fraction of sp³-hybridized carbons (Fsp3) is 0.167. The molecule has 10 aromatic rings. The van der Waals surface area contributed by atoms with Crippen LogP contribution in [0.5, 0.6) is 11.5 Å². The van der Waals surface area contributed by atoms with Gasteiger partial charge in [0.05, 0.1) is 17.1 Å². The fourth-order valence-electron chi connectivity index (χ4n) is 14.2. The zero-order chi connectivity index (χ0) is 50.2. The summed E-state index contributed by atoms with van der Waals surface area (Å²) in [6, 6.07) is 75.6. The Morgan fingerprint density at radius 1 is 0.257 bits per heavy atom. The second-order valence-electron chi connectivity index (χ2n) is 23.7. The Morgan fingerprint density at radius 2 is 0.568 bits per heavy atom. The monoisotopic (exact) mass is 951 g/mol. The molecule has 0 bridgehead atoms. The quantitative estimate of drug-likeness (QED) is 0.174. The van der Waals surface area contributed by atoms with Crippen molar-refractivity contribution in [1.29, 1.82) is 0 Å².